The number of guanidine groups is 1. The van der Waals surface area contributed by atoms with Crippen LogP contribution in [-0.4, -0.2) is 64.7 Å². The van der Waals surface area contributed by atoms with Crippen molar-refractivity contribution in [3.8, 4) is 0 Å². The molecule has 172 valence electrons. The topological polar surface area (TPSA) is 95.5 Å². The van der Waals surface area contributed by atoms with Crippen molar-refractivity contribution < 1.29 is 9.53 Å². The summed E-state index contributed by atoms with van der Waals surface area (Å²) in [6.45, 7) is 7.81. The summed E-state index contributed by atoms with van der Waals surface area (Å²) in [4.78, 5) is 24.3. The molecule has 0 aliphatic carbocycles. The molecule has 1 aliphatic rings. The Kier molecular flexibility index (Phi) is 7.47. The number of nitrogens with zero attached hydrogens (tertiary/aromatic N) is 4. The van der Waals surface area contributed by atoms with E-state index >= 15 is 0 Å². The maximum atomic E-state index is 12.8. The second-order valence-electron chi connectivity index (χ2n) is 8.02. The van der Waals surface area contributed by atoms with Crippen molar-refractivity contribution in [2.75, 3.05) is 38.2 Å². The normalized spacial score (nSPS) is 15.3. The van der Waals surface area contributed by atoms with Crippen molar-refractivity contribution >= 4 is 17.7 Å². The summed E-state index contributed by atoms with van der Waals surface area (Å²) in [5.74, 6) is 1.92. The Morgan fingerprint density at radius 3 is 2.67 bits per heavy atom. The molecular weight excluding hydrogens is 416 g/mol. The summed E-state index contributed by atoms with van der Waals surface area (Å²) in [6, 6.07) is 17.0. The molecule has 0 radical (unpaired) electrons. The zero-order valence-corrected chi connectivity index (χ0v) is 19.1. The average Bonchev–Trinajstić information content (AvgIpc) is 3.35. The predicted octanol–water partition coefficient (Wildman–Crippen LogP) is 3.70. The summed E-state index contributed by atoms with van der Waals surface area (Å²) in [7, 11) is 0. The van der Waals surface area contributed by atoms with E-state index in [0.717, 1.165) is 43.4 Å². The number of carbonyl (C=O) groups excluding carboxylic acids is 1. The van der Waals surface area contributed by atoms with Crippen LogP contribution in [0.2, 0.25) is 0 Å². The van der Waals surface area contributed by atoms with Gasteiger partial charge in [-0.2, -0.15) is 4.98 Å². The highest BCUT2D eigenvalue weighted by atomic mass is 16.5. The molecule has 8 heteroatoms. The number of aromatic amines is 1. The molecule has 1 unspecified atom stereocenters. The number of rotatable bonds is 7. The SMILES string of the molecule is CCCN=C(Nc1n[nH]c(C(C)c2cccc(C(=O)c3ccccc3)c2)n1)N1CCOCC1. The molecule has 0 saturated carbocycles. The van der Waals surface area contributed by atoms with E-state index in [4.69, 9.17) is 4.74 Å². The average molecular weight is 447 g/mol. The zero-order valence-electron chi connectivity index (χ0n) is 19.1. The maximum Gasteiger partial charge on any atom is 0.248 e. The van der Waals surface area contributed by atoms with Crippen LogP contribution in [0.25, 0.3) is 0 Å². The van der Waals surface area contributed by atoms with Gasteiger partial charge in [-0.05, 0) is 18.1 Å². The summed E-state index contributed by atoms with van der Waals surface area (Å²) >= 11 is 0. The predicted molar refractivity (Wildman–Crippen MR) is 129 cm³/mol. The van der Waals surface area contributed by atoms with E-state index in [1.165, 1.54) is 0 Å². The van der Waals surface area contributed by atoms with Crippen molar-refractivity contribution in [3.63, 3.8) is 0 Å². The minimum Gasteiger partial charge on any atom is -0.378 e. The number of ketones is 1. The van der Waals surface area contributed by atoms with Gasteiger partial charge in [-0.25, -0.2) is 0 Å². The molecule has 1 fully saturated rings. The first kappa shape index (κ1) is 22.7. The van der Waals surface area contributed by atoms with E-state index in [9.17, 15) is 4.79 Å². The Bertz CT molecular complexity index is 1090. The summed E-state index contributed by atoms with van der Waals surface area (Å²) in [6.07, 6.45) is 0.962. The van der Waals surface area contributed by atoms with E-state index in [2.05, 4.69) is 37.3 Å². The van der Waals surface area contributed by atoms with Gasteiger partial charge in [0.05, 0.1) is 13.2 Å². The number of morpholine rings is 1. The van der Waals surface area contributed by atoms with Crippen LogP contribution in [0, 0.1) is 0 Å². The van der Waals surface area contributed by atoms with Crippen LogP contribution in [0.1, 0.15) is 53.5 Å². The minimum absolute atomic E-state index is 0.00636. The van der Waals surface area contributed by atoms with Gasteiger partial charge in [0.2, 0.25) is 11.9 Å². The molecule has 8 nitrogen and oxygen atoms in total. The molecular formula is C25H30N6O2. The molecule has 0 amide bonds. The highest BCUT2D eigenvalue weighted by Crippen LogP contribution is 2.24. The monoisotopic (exact) mass is 446 g/mol. The van der Waals surface area contributed by atoms with Gasteiger partial charge in [-0.3, -0.25) is 20.2 Å². The highest BCUT2D eigenvalue weighted by molar-refractivity contribution is 6.09. The molecule has 2 N–H and O–H groups in total. The van der Waals surface area contributed by atoms with Crippen LogP contribution in [0.4, 0.5) is 5.95 Å². The third-order valence-electron chi connectivity index (χ3n) is 5.62. The summed E-state index contributed by atoms with van der Waals surface area (Å²) in [5.41, 5.74) is 2.33. The Morgan fingerprint density at radius 2 is 1.91 bits per heavy atom. The minimum atomic E-state index is -0.0593. The van der Waals surface area contributed by atoms with Crippen LogP contribution in [0.15, 0.2) is 59.6 Å². The second-order valence-corrected chi connectivity index (χ2v) is 8.02. The van der Waals surface area contributed by atoms with Crippen molar-refractivity contribution in [3.05, 3.63) is 77.1 Å². The fourth-order valence-electron chi connectivity index (χ4n) is 3.70. The smallest absolute Gasteiger partial charge is 0.248 e. The Balaban J connectivity index is 1.49. The Labute approximate surface area is 194 Å². The third-order valence-corrected chi connectivity index (χ3v) is 5.62. The fourth-order valence-corrected chi connectivity index (χ4v) is 3.70. The van der Waals surface area contributed by atoms with Gasteiger partial charge in [0.15, 0.2) is 5.78 Å². The number of nitrogens with one attached hydrogen (secondary N) is 2. The van der Waals surface area contributed by atoms with Gasteiger partial charge in [-0.15, -0.1) is 5.10 Å². The lowest BCUT2D eigenvalue weighted by molar-refractivity contribution is 0.0679. The van der Waals surface area contributed by atoms with Crippen LogP contribution in [0.3, 0.4) is 0 Å². The van der Waals surface area contributed by atoms with Crippen LogP contribution >= 0.6 is 0 Å². The van der Waals surface area contributed by atoms with Crippen LogP contribution in [0.5, 0.6) is 0 Å². The molecule has 0 bridgehead atoms. The number of aromatic nitrogens is 3. The molecule has 0 spiro atoms. The molecule has 1 aromatic heterocycles. The first-order valence-corrected chi connectivity index (χ1v) is 11.4. The Morgan fingerprint density at radius 1 is 1.15 bits per heavy atom. The molecule has 2 aromatic carbocycles. The molecule has 4 rings (SSSR count). The largest absolute Gasteiger partial charge is 0.378 e. The fraction of sp³-hybridized carbons (Fsp3) is 0.360. The Hall–Kier alpha value is -3.52. The van der Waals surface area contributed by atoms with Crippen LogP contribution < -0.4 is 5.32 Å². The lowest BCUT2D eigenvalue weighted by atomic mass is 9.95. The highest BCUT2D eigenvalue weighted by Gasteiger charge is 2.19. The first-order valence-electron chi connectivity index (χ1n) is 11.4. The molecule has 2 heterocycles. The van der Waals surface area contributed by atoms with Gasteiger partial charge < -0.3 is 9.64 Å². The number of carbonyl (C=O) groups is 1. The van der Waals surface area contributed by atoms with E-state index in [1.807, 2.05) is 61.5 Å². The molecule has 33 heavy (non-hydrogen) atoms. The number of aliphatic imine (C=N–C) groups is 1. The van der Waals surface area contributed by atoms with Crippen molar-refractivity contribution in [2.45, 2.75) is 26.2 Å². The van der Waals surface area contributed by atoms with Gasteiger partial charge in [0.1, 0.15) is 5.82 Å². The number of ether oxygens (including phenoxy) is 1. The zero-order chi connectivity index (χ0) is 23.0. The van der Waals surface area contributed by atoms with Gasteiger partial charge in [-0.1, -0.05) is 62.4 Å². The molecule has 1 saturated heterocycles. The molecule has 1 atom stereocenters. The van der Waals surface area contributed by atoms with Crippen LogP contribution in [-0.2, 0) is 4.74 Å². The number of benzene rings is 2. The van der Waals surface area contributed by atoms with E-state index < -0.39 is 0 Å². The number of H-pyrrole nitrogens is 1. The van der Waals surface area contributed by atoms with E-state index in [0.29, 0.717) is 30.3 Å². The molecule has 1 aliphatic heterocycles. The van der Waals surface area contributed by atoms with Crippen molar-refractivity contribution in [2.24, 2.45) is 4.99 Å². The van der Waals surface area contributed by atoms with E-state index in [1.54, 1.807) is 0 Å². The molecule has 3 aromatic rings. The van der Waals surface area contributed by atoms with Gasteiger partial charge in [0.25, 0.3) is 0 Å². The number of hydrogen-bond donors (Lipinski definition) is 2. The lowest BCUT2D eigenvalue weighted by Gasteiger charge is -2.29. The van der Waals surface area contributed by atoms with Gasteiger partial charge in [0, 0.05) is 36.7 Å². The number of anilines is 1. The van der Waals surface area contributed by atoms with Gasteiger partial charge >= 0.3 is 0 Å². The summed E-state index contributed by atoms with van der Waals surface area (Å²) in [5, 5.41) is 10.7. The second kappa shape index (κ2) is 10.9. The lowest BCUT2D eigenvalue weighted by Crippen LogP contribution is -2.44. The summed E-state index contributed by atoms with van der Waals surface area (Å²) < 4.78 is 5.46. The third kappa shape index (κ3) is 5.64. The van der Waals surface area contributed by atoms with E-state index in [-0.39, 0.29) is 11.7 Å². The standard InChI is InChI=1S/C25H30N6O2/c1-3-12-26-25(31-13-15-33-16-14-31)28-24-27-23(29-30-24)18(2)20-10-7-11-21(17-20)22(32)19-8-5-4-6-9-19/h4-11,17-18H,3,12-16H2,1-2H3,(H2,26,27,28,29,30). The van der Waals surface area contributed by atoms with Crippen molar-refractivity contribution in [1.82, 2.24) is 20.1 Å². The maximum absolute atomic E-state index is 12.8. The van der Waals surface area contributed by atoms with Crippen molar-refractivity contribution in [1.29, 1.82) is 0 Å². The quantitative estimate of drug-likeness (QED) is 0.326. The number of hydrogen-bond acceptors (Lipinski definition) is 5. The first-order chi connectivity index (χ1) is 16.2.